The molecule has 0 bridgehead atoms. The van der Waals surface area contributed by atoms with Crippen LogP contribution in [0.5, 0.6) is 0 Å². The monoisotopic (exact) mass is 266 g/mol. The van der Waals surface area contributed by atoms with Crippen LogP contribution in [0, 0.1) is 0 Å². The number of hydrogen-bond donors (Lipinski definition) is 1. The van der Waals surface area contributed by atoms with Crippen molar-refractivity contribution in [3.8, 4) is 0 Å². The fourth-order valence-corrected chi connectivity index (χ4v) is 3.25. The maximum atomic E-state index is 5.96. The Kier molecular flexibility index (Phi) is 4.92. The molecule has 0 amide bonds. The van der Waals surface area contributed by atoms with Crippen molar-refractivity contribution in [2.75, 3.05) is 30.4 Å². The van der Waals surface area contributed by atoms with Crippen molar-refractivity contribution in [1.29, 1.82) is 0 Å². The lowest BCUT2D eigenvalue weighted by molar-refractivity contribution is 0.0988. The molecular formula is C14H22N2OS. The molecule has 1 heterocycles. The number of benzene rings is 1. The standard InChI is InChI=1S/C14H22N2OS/c1-3-18-14-6-4-5-13(12(14)9-15)16-7-8-17-10-11(16)2/h4-6,11H,3,7-10,15H2,1-2H3. The Morgan fingerprint density at radius 2 is 2.33 bits per heavy atom. The molecule has 0 radical (unpaired) electrons. The normalized spacial score (nSPS) is 20.2. The zero-order chi connectivity index (χ0) is 13.0. The summed E-state index contributed by atoms with van der Waals surface area (Å²) in [4.78, 5) is 3.74. The second kappa shape index (κ2) is 6.45. The van der Waals surface area contributed by atoms with Crippen molar-refractivity contribution >= 4 is 17.4 Å². The Hall–Kier alpha value is -0.710. The minimum Gasteiger partial charge on any atom is -0.377 e. The minimum atomic E-state index is 0.422. The van der Waals surface area contributed by atoms with Crippen LogP contribution in [0.2, 0.25) is 0 Å². The zero-order valence-corrected chi connectivity index (χ0v) is 12.0. The molecule has 0 aromatic heterocycles. The molecule has 18 heavy (non-hydrogen) atoms. The summed E-state index contributed by atoms with van der Waals surface area (Å²) in [6, 6.07) is 6.91. The van der Waals surface area contributed by atoms with Crippen LogP contribution >= 0.6 is 11.8 Å². The number of morpholine rings is 1. The topological polar surface area (TPSA) is 38.5 Å². The highest BCUT2D eigenvalue weighted by molar-refractivity contribution is 7.99. The molecule has 1 aliphatic heterocycles. The second-order valence-electron chi connectivity index (χ2n) is 4.51. The molecule has 0 saturated carbocycles. The van der Waals surface area contributed by atoms with Gasteiger partial charge in [-0.05, 0) is 24.8 Å². The first-order chi connectivity index (χ1) is 8.77. The maximum Gasteiger partial charge on any atom is 0.0668 e. The van der Waals surface area contributed by atoms with Gasteiger partial charge in [0.1, 0.15) is 0 Å². The number of ether oxygens (including phenoxy) is 1. The van der Waals surface area contributed by atoms with E-state index in [0.29, 0.717) is 12.6 Å². The van der Waals surface area contributed by atoms with Gasteiger partial charge in [0.2, 0.25) is 0 Å². The fourth-order valence-electron chi connectivity index (χ4n) is 2.40. The van der Waals surface area contributed by atoms with E-state index in [1.807, 2.05) is 11.8 Å². The van der Waals surface area contributed by atoms with E-state index in [1.165, 1.54) is 16.1 Å². The summed E-state index contributed by atoms with van der Waals surface area (Å²) in [5.41, 5.74) is 8.52. The number of nitrogens with zero attached hydrogens (tertiary/aromatic N) is 1. The van der Waals surface area contributed by atoms with E-state index in [0.717, 1.165) is 25.5 Å². The molecule has 3 nitrogen and oxygen atoms in total. The van der Waals surface area contributed by atoms with Gasteiger partial charge in [-0.1, -0.05) is 13.0 Å². The first-order valence-corrected chi connectivity index (χ1v) is 7.55. The summed E-state index contributed by atoms with van der Waals surface area (Å²) in [5, 5.41) is 0. The lowest BCUT2D eigenvalue weighted by Crippen LogP contribution is -2.44. The molecule has 1 aromatic rings. The first kappa shape index (κ1) is 13.7. The molecule has 1 atom stereocenters. The van der Waals surface area contributed by atoms with Gasteiger partial charge in [-0.2, -0.15) is 0 Å². The van der Waals surface area contributed by atoms with Gasteiger partial charge in [0.15, 0.2) is 0 Å². The number of anilines is 1. The Balaban J connectivity index is 2.33. The van der Waals surface area contributed by atoms with Crippen LogP contribution in [0.4, 0.5) is 5.69 Å². The highest BCUT2D eigenvalue weighted by Crippen LogP contribution is 2.32. The van der Waals surface area contributed by atoms with Crippen LogP contribution in [-0.4, -0.2) is 31.6 Å². The van der Waals surface area contributed by atoms with E-state index in [9.17, 15) is 0 Å². The zero-order valence-electron chi connectivity index (χ0n) is 11.2. The van der Waals surface area contributed by atoms with Crippen LogP contribution in [0.1, 0.15) is 19.4 Å². The van der Waals surface area contributed by atoms with Crippen LogP contribution in [0.25, 0.3) is 0 Å². The molecule has 1 unspecified atom stereocenters. The SMILES string of the molecule is CCSc1cccc(N2CCOCC2C)c1CN. The Bertz CT molecular complexity index is 397. The number of thioether (sulfide) groups is 1. The summed E-state index contributed by atoms with van der Waals surface area (Å²) < 4.78 is 5.51. The van der Waals surface area contributed by atoms with Gasteiger partial charge in [0, 0.05) is 35.3 Å². The largest absolute Gasteiger partial charge is 0.377 e. The molecule has 1 saturated heterocycles. The van der Waals surface area contributed by atoms with Crippen molar-refractivity contribution < 1.29 is 4.74 Å². The van der Waals surface area contributed by atoms with Crippen molar-refractivity contribution in [2.24, 2.45) is 5.73 Å². The molecule has 2 N–H and O–H groups in total. The van der Waals surface area contributed by atoms with Crippen LogP contribution in [0.15, 0.2) is 23.1 Å². The lowest BCUT2D eigenvalue weighted by atomic mass is 10.1. The third-order valence-corrected chi connectivity index (χ3v) is 4.27. The lowest BCUT2D eigenvalue weighted by Gasteiger charge is -2.36. The molecule has 0 spiro atoms. The highest BCUT2D eigenvalue weighted by atomic mass is 32.2. The van der Waals surface area contributed by atoms with Crippen LogP contribution in [0.3, 0.4) is 0 Å². The van der Waals surface area contributed by atoms with Gasteiger partial charge < -0.3 is 15.4 Å². The smallest absolute Gasteiger partial charge is 0.0668 e. The maximum absolute atomic E-state index is 5.96. The van der Waals surface area contributed by atoms with Gasteiger partial charge in [-0.3, -0.25) is 0 Å². The second-order valence-corrected chi connectivity index (χ2v) is 5.81. The molecule has 1 fully saturated rings. The van der Waals surface area contributed by atoms with E-state index in [-0.39, 0.29) is 0 Å². The fraction of sp³-hybridized carbons (Fsp3) is 0.571. The van der Waals surface area contributed by atoms with Crippen molar-refractivity contribution in [2.45, 2.75) is 31.3 Å². The Labute approximate surface area is 114 Å². The number of hydrogen-bond acceptors (Lipinski definition) is 4. The molecular weight excluding hydrogens is 244 g/mol. The summed E-state index contributed by atoms with van der Waals surface area (Å²) in [7, 11) is 0. The van der Waals surface area contributed by atoms with Crippen LogP contribution < -0.4 is 10.6 Å². The summed E-state index contributed by atoms with van der Waals surface area (Å²) >= 11 is 1.87. The van der Waals surface area contributed by atoms with Gasteiger partial charge >= 0.3 is 0 Å². The van der Waals surface area contributed by atoms with Crippen LogP contribution in [-0.2, 0) is 11.3 Å². The van der Waals surface area contributed by atoms with Gasteiger partial charge in [0.25, 0.3) is 0 Å². The van der Waals surface area contributed by atoms with Gasteiger partial charge in [-0.15, -0.1) is 11.8 Å². The van der Waals surface area contributed by atoms with Gasteiger partial charge in [0.05, 0.1) is 13.2 Å². The first-order valence-electron chi connectivity index (χ1n) is 6.57. The summed E-state index contributed by atoms with van der Waals surface area (Å²) in [5.74, 6) is 1.08. The average Bonchev–Trinajstić information content (AvgIpc) is 2.39. The van der Waals surface area contributed by atoms with E-state index in [2.05, 4.69) is 36.9 Å². The molecule has 2 rings (SSSR count). The third kappa shape index (κ3) is 2.82. The predicted molar refractivity (Wildman–Crippen MR) is 78.4 cm³/mol. The molecule has 4 heteroatoms. The van der Waals surface area contributed by atoms with E-state index in [1.54, 1.807) is 0 Å². The Morgan fingerprint density at radius 1 is 1.50 bits per heavy atom. The van der Waals surface area contributed by atoms with E-state index in [4.69, 9.17) is 10.5 Å². The number of nitrogens with two attached hydrogens (primary N) is 1. The van der Waals surface area contributed by atoms with Crippen molar-refractivity contribution in [1.82, 2.24) is 0 Å². The Morgan fingerprint density at radius 3 is 3.00 bits per heavy atom. The molecule has 1 aliphatic rings. The quantitative estimate of drug-likeness (QED) is 0.850. The summed E-state index contributed by atoms with van der Waals surface area (Å²) in [6.45, 7) is 7.54. The molecule has 100 valence electrons. The average molecular weight is 266 g/mol. The predicted octanol–water partition coefficient (Wildman–Crippen LogP) is 2.48. The molecule has 0 aliphatic carbocycles. The van der Waals surface area contributed by atoms with E-state index >= 15 is 0 Å². The van der Waals surface area contributed by atoms with E-state index < -0.39 is 0 Å². The van der Waals surface area contributed by atoms with Crippen molar-refractivity contribution in [3.63, 3.8) is 0 Å². The van der Waals surface area contributed by atoms with Gasteiger partial charge in [-0.25, -0.2) is 0 Å². The highest BCUT2D eigenvalue weighted by Gasteiger charge is 2.22. The number of rotatable bonds is 4. The van der Waals surface area contributed by atoms with Crippen molar-refractivity contribution in [3.05, 3.63) is 23.8 Å². The minimum absolute atomic E-state index is 0.422. The third-order valence-electron chi connectivity index (χ3n) is 3.29. The molecule has 1 aromatic carbocycles. The summed E-state index contributed by atoms with van der Waals surface area (Å²) in [6.07, 6.45) is 0.